The summed E-state index contributed by atoms with van der Waals surface area (Å²) in [6.07, 6.45) is 2.57. The first kappa shape index (κ1) is 15.3. The Hall–Kier alpha value is -2.62. The van der Waals surface area contributed by atoms with Crippen molar-refractivity contribution in [2.24, 2.45) is 0 Å². The Morgan fingerprint density at radius 2 is 2.09 bits per heavy atom. The molecule has 0 bridgehead atoms. The van der Waals surface area contributed by atoms with Crippen LogP contribution in [-0.4, -0.2) is 31.0 Å². The number of carbonyl (C=O) groups excluding carboxylic acids is 1. The molecule has 1 aromatic heterocycles. The van der Waals surface area contributed by atoms with Gasteiger partial charge in [-0.05, 0) is 37.1 Å². The Bertz CT molecular complexity index is 737. The molecule has 0 saturated heterocycles. The van der Waals surface area contributed by atoms with E-state index in [-0.39, 0.29) is 5.91 Å². The molecular formula is C19H21N3O. The minimum Gasteiger partial charge on any atom is -0.356 e. The van der Waals surface area contributed by atoms with Crippen molar-refractivity contribution in [3.8, 4) is 0 Å². The molecule has 0 aliphatic carbocycles. The third kappa shape index (κ3) is 3.11. The number of carbonyl (C=O) groups is 1. The topological polar surface area (TPSA) is 36.4 Å². The number of pyridine rings is 1. The van der Waals surface area contributed by atoms with Crippen LogP contribution in [0.15, 0.2) is 54.7 Å². The summed E-state index contributed by atoms with van der Waals surface area (Å²) >= 11 is 0. The van der Waals surface area contributed by atoms with E-state index in [1.165, 1.54) is 5.56 Å². The van der Waals surface area contributed by atoms with Crippen molar-refractivity contribution >= 4 is 17.4 Å². The molecule has 0 fully saturated rings. The molecule has 2 heterocycles. The van der Waals surface area contributed by atoms with Gasteiger partial charge in [0.1, 0.15) is 5.82 Å². The maximum absolute atomic E-state index is 12.7. The Morgan fingerprint density at radius 1 is 1.30 bits per heavy atom. The van der Waals surface area contributed by atoms with Gasteiger partial charge in [-0.25, -0.2) is 4.98 Å². The average Bonchev–Trinajstić information content (AvgIpc) is 2.97. The van der Waals surface area contributed by atoms with Crippen LogP contribution >= 0.6 is 0 Å². The molecule has 1 aliphatic heterocycles. The van der Waals surface area contributed by atoms with E-state index >= 15 is 0 Å². The quantitative estimate of drug-likeness (QED) is 0.813. The molecule has 0 N–H and O–H groups in total. The number of anilines is 2. The fraction of sp³-hybridized carbons (Fsp3) is 0.263. The van der Waals surface area contributed by atoms with Crippen molar-refractivity contribution in [3.05, 3.63) is 65.9 Å². The summed E-state index contributed by atoms with van der Waals surface area (Å²) in [5, 5.41) is 0. The molecule has 0 atom stereocenters. The summed E-state index contributed by atoms with van der Waals surface area (Å²) < 4.78 is 0. The molecule has 3 rings (SSSR count). The number of benzene rings is 1. The molecule has 0 radical (unpaired) electrons. The molecule has 4 nitrogen and oxygen atoms in total. The van der Waals surface area contributed by atoms with E-state index in [9.17, 15) is 4.79 Å². The first-order valence-corrected chi connectivity index (χ1v) is 7.77. The van der Waals surface area contributed by atoms with Crippen molar-refractivity contribution in [3.63, 3.8) is 0 Å². The largest absolute Gasteiger partial charge is 0.356 e. The zero-order valence-electron chi connectivity index (χ0n) is 13.6. The van der Waals surface area contributed by atoms with Crippen molar-refractivity contribution in [2.75, 3.05) is 29.9 Å². The molecule has 23 heavy (non-hydrogen) atoms. The zero-order valence-corrected chi connectivity index (χ0v) is 13.6. The third-order valence-corrected chi connectivity index (χ3v) is 4.03. The van der Waals surface area contributed by atoms with E-state index in [0.29, 0.717) is 5.56 Å². The normalized spacial score (nSPS) is 12.9. The Labute approximate surface area is 137 Å². The number of likely N-dealkylation sites (N-methyl/N-ethyl adjacent to an activating group) is 1. The van der Waals surface area contributed by atoms with Crippen LogP contribution in [-0.2, 0) is 6.42 Å². The van der Waals surface area contributed by atoms with Gasteiger partial charge in [-0.3, -0.25) is 4.79 Å². The molecule has 2 aromatic rings. The minimum atomic E-state index is 0.0107. The zero-order chi connectivity index (χ0) is 16.4. The summed E-state index contributed by atoms with van der Waals surface area (Å²) in [4.78, 5) is 21.0. The molecule has 118 valence electrons. The summed E-state index contributed by atoms with van der Waals surface area (Å²) in [6, 6.07) is 11.8. The maximum Gasteiger partial charge on any atom is 0.259 e. The van der Waals surface area contributed by atoms with Gasteiger partial charge in [0, 0.05) is 32.0 Å². The van der Waals surface area contributed by atoms with Gasteiger partial charge in [0.05, 0.1) is 5.56 Å². The van der Waals surface area contributed by atoms with Crippen molar-refractivity contribution in [1.82, 2.24) is 4.98 Å². The number of nitrogens with zero attached hydrogens (tertiary/aromatic N) is 3. The lowest BCUT2D eigenvalue weighted by Gasteiger charge is -2.20. The highest BCUT2D eigenvalue weighted by atomic mass is 16.2. The molecule has 0 unspecified atom stereocenters. The van der Waals surface area contributed by atoms with E-state index in [0.717, 1.165) is 36.6 Å². The molecule has 1 amide bonds. The van der Waals surface area contributed by atoms with Gasteiger partial charge in [0.2, 0.25) is 0 Å². The van der Waals surface area contributed by atoms with Crippen LogP contribution < -0.4 is 9.80 Å². The summed E-state index contributed by atoms with van der Waals surface area (Å²) in [6.45, 7) is 7.38. The molecule has 4 heteroatoms. The number of hydrogen-bond donors (Lipinski definition) is 0. The predicted octanol–water partition coefficient (Wildman–Crippen LogP) is 3.30. The lowest BCUT2D eigenvalue weighted by Crippen LogP contribution is -2.29. The van der Waals surface area contributed by atoms with Crippen LogP contribution in [0.2, 0.25) is 0 Å². The maximum atomic E-state index is 12.7. The summed E-state index contributed by atoms with van der Waals surface area (Å²) in [5.41, 5.74) is 3.94. The number of amides is 1. The van der Waals surface area contributed by atoms with Crippen molar-refractivity contribution in [1.29, 1.82) is 0 Å². The Kier molecular flexibility index (Phi) is 4.15. The second-order valence-corrected chi connectivity index (χ2v) is 6.05. The van der Waals surface area contributed by atoms with E-state index < -0.39 is 0 Å². The second-order valence-electron chi connectivity index (χ2n) is 6.05. The molecule has 1 aromatic carbocycles. The smallest absolute Gasteiger partial charge is 0.259 e. The van der Waals surface area contributed by atoms with E-state index in [2.05, 4.69) is 17.6 Å². The Balaban J connectivity index is 1.78. The fourth-order valence-electron chi connectivity index (χ4n) is 2.93. The van der Waals surface area contributed by atoms with Crippen LogP contribution in [0.1, 0.15) is 22.8 Å². The highest BCUT2D eigenvalue weighted by Crippen LogP contribution is 2.28. The van der Waals surface area contributed by atoms with Gasteiger partial charge < -0.3 is 9.80 Å². The summed E-state index contributed by atoms with van der Waals surface area (Å²) in [5.74, 6) is 0.850. The standard InChI is InChI=1S/C19H21N3O/c1-14(2)13-21(3)18-9-8-16(12-20-18)19(23)22-11-10-15-6-4-5-7-17(15)22/h4-9,12H,1,10-11,13H2,2-3H3. The van der Waals surface area contributed by atoms with Gasteiger partial charge in [0.15, 0.2) is 0 Å². The monoisotopic (exact) mass is 307 g/mol. The van der Waals surface area contributed by atoms with Crippen LogP contribution in [0.5, 0.6) is 0 Å². The number of para-hydroxylation sites is 1. The highest BCUT2D eigenvalue weighted by molar-refractivity contribution is 6.07. The van der Waals surface area contributed by atoms with Crippen LogP contribution in [0.25, 0.3) is 0 Å². The number of fused-ring (bicyclic) bond motifs is 1. The lowest BCUT2D eigenvalue weighted by atomic mass is 10.2. The van der Waals surface area contributed by atoms with Gasteiger partial charge in [-0.2, -0.15) is 0 Å². The van der Waals surface area contributed by atoms with E-state index in [1.54, 1.807) is 6.20 Å². The SMILES string of the molecule is C=C(C)CN(C)c1ccc(C(=O)N2CCc3ccccc32)cn1. The average molecular weight is 307 g/mol. The first-order chi connectivity index (χ1) is 11.1. The lowest BCUT2D eigenvalue weighted by molar-refractivity contribution is 0.0989. The van der Waals surface area contributed by atoms with Gasteiger partial charge in [0.25, 0.3) is 5.91 Å². The molecule has 0 spiro atoms. The fourth-order valence-corrected chi connectivity index (χ4v) is 2.93. The highest BCUT2D eigenvalue weighted by Gasteiger charge is 2.25. The molecule has 0 saturated carbocycles. The van der Waals surface area contributed by atoms with Gasteiger partial charge >= 0.3 is 0 Å². The second kappa shape index (κ2) is 6.24. The van der Waals surface area contributed by atoms with Crippen molar-refractivity contribution < 1.29 is 4.79 Å². The van der Waals surface area contributed by atoms with Gasteiger partial charge in [-0.1, -0.05) is 30.4 Å². The van der Waals surface area contributed by atoms with Gasteiger partial charge in [-0.15, -0.1) is 0 Å². The van der Waals surface area contributed by atoms with Crippen LogP contribution in [0.4, 0.5) is 11.5 Å². The summed E-state index contributed by atoms with van der Waals surface area (Å²) in [7, 11) is 1.97. The van der Waals surface area contributed by atoms with Crippen molar-refractivity contribution in [2.45, 2.75) is 13.3 Å². The number of rotatable bonds is 4. The first-order valence-electron chi connectivity index (χ1n) is 7.77. The van der Waals surface area contributed by atoms with E-state index in [1.807, 2.05) is 54.1 Å². The molecular weight excluding hydrogens is 286 g/mol. The van der Waals surface area contributed by atoms with E-state index in [4.69, 9.17) is 0 Å². The number of hydrogen-bond acceptors (Lipinski definition) is 3. The minimum absolute atomic E-state index is 0.0107. The van der Waals surface area contributed by atoms with Crippen LogP contribution in [0.3, 0.4) is 0 Å². The Morgan fingerprint density at radius 3 is 2.78 bits per heavy atom. The van der Waals surface area contributed by atoms with Crippen LogP contribution in [0, 0.1) is 0 Å². The molecule has 1 aliphatic rings. The number of aromatic nitrogens is 1. The predicted molar refractivity (Wildman–Crippen MR) is 94.1 cm³/mol. The third-order valence-electron chi connectivity index (χ3n) is 4.03.